The molecule has 0 radical (unpaired) electrons. The van der Waals surface area contributed by atoms with E-state index in [1.54, 1.807) is 6.26 Å². The van der Waals surface area contributed by atoms with Gasteiger partial charge in [-0.1, -0.05) is 30.3 Å². The first kappa shape index (κ1) is 11.7. The molecule has 0 aliphatic rings. The molecule has 0 aliphatic carbocycles. The molecule has 90 valence electrons. The normalized spacial score (nSPS) is 10.5. The van der Waals surface area contributed by atoms with Crippen molar-refractivity contribution >= 4 is 6.01 Å². The molecule has 0 atom stereocenters. The Morgan fingerprint density at radius 3 is 2.76 bits per heavy atom. The van der Waals surface area contributed by atoms with E-state index in [9.17, 15) is 0 Å². The minimum atomic E-state index is 0.652. The van der Waals surface area contributed by atoms with Crippen molar-refractivity contribution in [2.75, 3.05) is 19.0 Å². The Balaban J connectivity index is 2.01. The molecule has 2 aromatic rings. The van der Waals surface area contributed by atoms with Gasteiger partial charge in [0.2, 0.25) is 0 Å². The van der Waals surface area contributed by atoms with E-state index >= 15 is 0 Å². The predicted octanol–water partition coefficient (Wildman–Crippen LogP) is 2.03. The van der Waals surface area contributed by atoms with Crippen LogP contribution in [0.5, 0.6) is 0 Å². The molecule has 0 amide bonds. The maximum absolute atomic E-state index is 5.43. The number of oxazole rings is 1. The largest absolute Gasteiger partial charge is 0.432 e. The maximum atomic E-state index is 5.43. The van der Waals surface area contributed by atoms with Crippen LogP contribution >= 0.6 is 0 Å². The van der Waals surface area contributed by atoms with E-state index in [1.165, 1.54) is 5.56 Å². The molecular formula is C13H17N3O. The third-order valence-electron chi connectivity index (χ3n) is 2.49. The highest BCUT2D eigenvalue weighted by molar-refractivity contribution is 5.28. The van der Waals surface area contributed by atoms with E-state index in [4.69, 9.17) is 4.42 Å². The van der Waals surface area contributed by atoms with Gasteiger partial charge in [0.25, 0.3) is 6.01 Å². The highest BCUT2D eigenvalue weighted by atomic mass is 16.4. The van der Waals surface area contributed by atoms with Crippen LogP contribution in [0.15, 0.2) is 41.0 Å². The van der Waals surface area contributed by atoms with E-state index in [0.29, 0.717) is 6.01 Å². The molecule has 0 bridgehead atoms. The van der Waals surface area contributed by atoms with Gasteiger partial charge in [0, 0.05) is 20.1 Å². The summed E-state index contributed by atoms with van der Waals surface area (Å²) in [6.07, 6.45) is 1.69. The van der Waals surface area contributed by atoms with Gasteiger partial charge in [-0.2, -0.15) is 4.98 Å². The summed E-state index contributed by atoms with van der Waals surface area (Å²) in [5, 5.41) is 3.04. The molecule has 4 nitrogen and oxygen atoms in total. The lowest BCUT2D eigenvalue weighted by molar-refractivity contribution is 0.543. The average molecular weight is 231 g/mol. The number of aromatic nitrogens is 1. The standard InChI is InChI=1S/C13H17N3O/c1-14-8-12-10-17-13(15-12)16(2)9-11-6-4-3-5-7-11/h3-7,10,14H,8-9H2,1-2H3. The van der Waals surface area contributed by atoms with Crippen molar-refractivity contribution in [1.82, 2.24) is 10.3 Å². The van der Waals surface area contributed by atoms with Crippen molar-refractivity contribution < 1.29 is 4.42 Å². The third-order valence-corrected chi connectivity index (χ3v) is 2.49. The minimum absolute atomic E-state index is 0.652. The van der Waals surface area contributed by atoms with E-state index in [2.05, 4.69) is 22.4 Å². The first-order valence-corrected chi connectivity index (χ1v) is 5.63. The third kappa shape index (κ3) is 3.07. The quantitative estimate of drug-likeness (QED) is 0.855. The van der Waals surface area contributed by atoms with E-state index in [-0.39, 0.29) is 0 Å². The van der Waals surface area contributed by atoms with Gasteiger partial charge in [-0.15, -0.1) is 0 Å². The lowest BCUT2D eigenvalue weighted by Crippen LogP contribution is -2.16. The van der Waals surface area contributed by atoms with Gasteiger partial charge in [-0.25, -0.2) is 0 Å². The SMILES string of the molecule is CNCc1coc(N(C)Cc2ccccc2)n1. The minimum Gasteiger partial charge on any atom is -0.432 e. The molecule has 0 aliphatic heterocycles. The molecule has 1 N–H and O–H groups in total. The zero-order chi connectivity index (χ0) is 12.1. The monoisotopic (exact) mass is 231 g/mol. The number of rotatable bonds is 5. The Bertz CT molecular complexity index is 453. The number of hydrogen-bond acceptors (Lipinski definition) is 4. The molecular weight excluding hydrogens is 214 g/mol. The molecule has 0 saturated carbocycles. The van der Waals surface area contributed by atoms with Crippen molar-refractivity contribution in [3.8, 4) is 0 Å². The molecule has 4 heteroatoms. The Kier molecular flexibility index (Phi) is 3.77. The van der Waals surface area contributed by atoms with Crippen LogP contribution in [0.25, 0.3) is 0 Å². The maximum Gasteiger partial charge on any atom is 0.297 e. The Labute approximate surface area is 101 Å². The zero-order valence-corrected chi connectivity index (χ0v) is 10.2. The van der Waals surface area contributed by atoms with Crippen LogP contribution in [0.2, 0.25) is 0 Å². The van der Waals surface area contributed by atoms with Gasteiger partial charge < -0.3 is 14.6 Å². The van der Waals surface area contributed by atoms with Crippen molar-refractivity contribution in [3.05, 3.63) is 47.9 Å². The summed E-state index contributed by atoms with van der Waals surface area (Å²) in [6.45, 7) is 1.52. The fourth-order valence-electron chi connectivity index (χ4n) is 1.66. The van der Waals surface area contributed by atoms with Gasteiger partial charge in [0.15, 0.2) is 0 Å². The van der Waals surface area contributed by atoms with Crippen LogP contribution in [-0.2, 0) is 13.1 Å². The van der Waals surface area contributed by atoms with Crippen LogP contribution in [0, 0.1) is 0 Å². The number of hydrogen-bond donors (Lipinski definition) is 1. The molecule has 17 heavy (non-hydrogen) atoms. The van der Waals surface area contributed by atoms with Crippen LogP contribution in [0.3, 0.4) is 0 Å². The number of benzene rings is 1. The topological polar surface area (TPSA) is 41.3 Å². The van der Waals surface area contributed by atoms with Gasteiger partial charge in [0.1, 0.15) is 6.26 Å². The lowest BCUT2D eigenvalue weighted by atomic mass is 10.2. The van der Waals surface area contributed by atoms with Crippen LogP contribution in [0.1, 0.15) is 11.3 Å². The average Bonchev–Trinajstić information content (AvgIpc) is 2.79. The van der Waals surface area contributed by atoms with E-state index in [1.807, 2.05) is 37.2 Å². The molecule has 2 rings (SSSR count). The number of nitrogens with zero attached hydrogens (tertiary/aromatic N) is 2. The van der Waals surface area contributed by atoms with Crippen molar-refractivity contribution in [2.45, 2.75) is 13.1 Å². The zero-order valence-electron chi connectivity index (χ0n) is 10.2. The first-order chi connectivity index (χ1) is 8.29. The van der Waals surface area contributed by atoms with Crippen LogP contribution in [0.4, 0.5) is 6.01 Å². The smallest absolute Gasteiger partial charge is 0.297 e. The summed E-state index contributed by atoms with van der Waals surface area (Å²) in [6, 6.07) is 10.9. The highest BCUT2D eigenvalue weighted by Gasteiger charge is 2.08. The Morgan fingerprint density at radius 1 is 1.29 bits per heavy atom. The molecule has 0 unspecified atom stereocenters. The highest BCUT2D eigenvalue weighted by Crippen LogP contribution is 2.14. The summed E-state index contributed by atoms with van der Waals surface area (Å²) in [5.74, 6) is 0. The molecule has 1 aromatic carbocycles. The lowest BCUT2D eigenvalue weighted by Gasteiger charge is -2.14. The fraction of sp³-hybridized carbons (Fsp3) is 0.308. The predicted molar refractivity (Wildman–Crippen MR) is 67.8 cm³/mol. The van der Waals surface area contributed by atoms with Crippen molar-refractivity contribution in [2.24, 2.45) is 0 Å². The van der Waals surface area contributed by atoms with E-state index in [0.717, 1.165) is 18.8 Å². The molecule has 0 spiro atoms. The second kappa shape index (κ2) is 5.50. The van der Waals surface area contributed by atoms with Gasteiger partial charge in [0.05, 0.1) is 5.69 Å². The van der Waals surface area contributed by atoms with Gasteiger partial charge in [-0.3, -0.25) is 0 Å². The molecule has 1 aromatic heterocycles. The molecule has 0 saturated heterocycles. The number of anilines is 1. The summed E-state index contributed by atoms with van der Waals surface area (Å²) in [4.78, 5) is 6.39. The van der Waals surface area contributed by atoms with Crippen molar-refractivity contribution in [1.29, 1.82) is 0 Å². The Hall–Kier alpha value is -1.81. The Morgan fingerprint density at radius 2 is 2.06 bits per heavy atom. The summed E-state index contributed by atoms with van der Waals surface area (Å²) >= 11 is 0. The molecule has 0 fully saturated rings. The number of nitrogens with one attached hydrogen (secondary N) is 1. The van der Waals surface area contributed by atoms with Gasteiger partial charge in [-0.05, 0) is 12.6 Å². The first-order valence-electron chi connectivity index (χ1n) is 5.63. The van der Waals surface area contributed by atoms with Gasteiger partial charge >= 0.3 is 0 Å². The summed E-state index contributed by atoms with van der Waals surface area (Å²) in [5.41, 5.74) is 2.16. The fourth-order valence-corrected chi connectivity index (χ4v) is 1.66. The van der Waals surface area contributed by atoms with E-state index < -0.39 is 0 Å². The second-order valence-corrected chi connectivity index (χ2v) is 3.99. The summed E-state index contributed by atoms with van der Waals surface area (Å²) < 4.78 is 5.43. The van der Waals surface area contributed by atoms with Crippen molar-refractivity contribution in [3.63, 3.8) is 0 Å². The van der Waals surface area contributed by atoms with Crippen LogP contribution in [-0.4, -0.2) is 19.1 Å². The summed E-state index contributed by atoms with van der Waals surface area (Å²) in [7, 11) is 3.87. The second-order valence-electron chi connectivity index (χ2n) is 3.99. The molecule has 1 heterocycles. The van der Waals surface area contributed by atoms with Crippen LogP contribution < -0.4 is 10.2 Å².